The van der Waals surface area contributed by atoms with E-state index >= 15 is 0 Å². The fourth-order valence-electron chi connectivity index (χ4n) is 2.28. The molecule has 1 heterocycles. The molecular formula is C16H33IN4O3. The molecular weight excluding hydrogens is 423 g/mol. The fraction of sp³-hybridized carbons (Fsp3) is 0.875. The van der Waals surface area contributed by atoms with Gasteiger partial charge in [-0.3, -0.25) is 9.79 Å². The Morgan fingerprint density at radius 2 is 1.92 bits per heavy atom. The highest BCUT2D eigenvalue weighted by Crippen LogP contribution is 2.14. The van der Waals surface area contributed by atoms with Crippen LogP contribution >= 0.6 is 24.0 Å². The Morgan fingerprint density at radius 1 is 1.25 bits per heavy atom. The van der Waals surface area contributed by atoms with E-state index in [4.69, 9.17) is 9.47 Å². The molecule has 0 aromatic rings. The molecule has 1 fully saturated rings. The van der Waals surface area contributed by atoms with Gasteiger partial charge in [-0.15, -0.1) is 24.0 Å². The van der Waals surface area contributed by atoms with Crippen molar-refractivity contribution < 1.29 is 14.3 Å². The molecule has 8 heteroatoms. The number of rotatable bonds is 9. The van der Waals surface area contributed by atoms with Crippen molar-refractivity contribution in [2.24, 2.45) is 10.9 Å². The number of hydrogen-bond donors (Lipinski definition) is 2. The first-order valence-corrected chi connectivity index (χ1v) is 8.43. The summed E-state index contributed by atoms with van der Waals surface area (Å²) in [4.78, 5) is 17.2. The van der Waals surface area contributed by atoms with Crippen molar-refractivity contribution in [3.63, 3.8) is 0 Å². The molecule has 7 nitrogen and oxygen atoms in total. The molecule has 0 aromatic carbocycles. The van der Waals surface area contributed by atoms with E-state index in [0.29, 0.717) is 18.9 Å². The lowest BCUT2D eigenvalue weighted by Crippen LogP contribution is -2.39. The maximum Gasteiger partial charge on any atom is 0.223 e. The Hall–Kier alpha value is -0.610. The van der Waals surface area contributed by atoms with Crippen molar-refractivity contribution in [2.75, 3.05) is 60.7 Å². The number of hydrogen-bond acceptors (Lipinski definition) is 4. The summed E-state index contributed by atoms with van der Waals surface area (Å²) in [6.07, 6.45) is 3.61. The molecule has 1 aliphatic rings. The van der Waals surface area contributed by atoms with Crippen molar-refractivity contribution >= 4 is 35.8 Å². The molecule has 0 aromatic heterocycles. The van der Waals surface area contributed by atoms with E-state index in [1.165, 1.54) is 0 Å². The summed E-state index contributed by atoms with van der Waals surface area (Å²) in [6.45, 7) is 4.71. The minimum Gasteiger partial charge on any atom is -0.381 e. The smallest absolute Gasteiger partial charge is 0.223 e. The Kier molecular flexibility index (Phi) is 14.3. The molecule has 1 rings (SSSR count). The third-order valence-corrected chi connectivity index (χ3v) is 3.81. The second-order valence-electron chi connectivity index (χ2n) is 5.95. The lowest BCUT2D eigenvalue weighted by Gasteiger charge is -2.21. The summed E-state index contributed by atoms with van der Waals surface area (Å²) in [5.74, 6) is 1.48. The van der Waals surface area contributed by atoms with Crippen LogP contribution in [0.4, 0.5) is 0 Å². The number of carbonyl (C=O) groups excluding carboxylic acids is 1. The number of nitrogens with zero attached hydrogens (tertiary/aromatic N) is 2. The number of guanidine groups is 1. The molecule has 1 amide bonds. The molecule has 0 unspecified atom stereocenters. The first-order chi connectivity index (χ1) is 11.1. The molecule has 0 atom stereocenters. The Morgan fingerprint density at radius 3 is 2.54 bits per heavy atom. The van der Waals surface area contributed by atoms with Crippen molar-refractivity contribution in [3.8, 4) is 0 Å². The van der Waals surface area contributed by atoms with Gasteiger partial charge in [-0.25, -0.2) is 0 Å². The van der Waals surface area contributed by atoms with Crippen LogP contribution in [0.5, 0.6) is 0 Å². The standard InChI is InChI=1S/C16H32N4O3.HI/c1-17-16(19-9-5-15(21)20(2)3)18-8-4-10-23-13-14-6-11-22-12-7-14;/h14H,4-13H2,1-3H3,(H2,17,18,19);1H. The minimum atomic E-state index is 0. The number of nitrogens with one attached hydrogen (secondary N) is 2. The topological polar surface area (TPSA) is 75.2 Å². The van der Waals surface area contributed by atoms with Gasteiger partial charge < -0.3 is 25.0 Å². The number of ether oxygens (including phenoxy) is 2. The van der Waals surface area contributed by atoms with E-state index in [2.05, 4.69) is 15.6 Å². The van der Waals surface area contributed by atoms with Crippen LogP contribution in [0.25, 0.3) is 0 Å². The maximum absolute atomic E-state index is 11.5. The van der Waals surface area contributed by atoms with Gasteiger partial charge in [-0.05, 0) is 25.2 Å². The molecule has 2 N–H and O–H groups in total. The Bertz CT molecular complexity index is 361. The van der Waals surface area contributed by atoms with E-state index in [1.807, 2.05) is 0 Å². The van der Waals surface area contributed by atoms with Gasteiger partial charge in [0.2, 0.25) is 5.91 Å². The molecule has 1 saturated heterocycles. The zero-order valence-corrected chi connectivity index (χ0v) is 17.5. The molecule has 0 radical (unpaired) electrons. The normalized spacial score (nSPS) is 15.5. The molecule has 142 valence electrons. The summed E-state index contributed by atoms with van der Waals surface area (Å²) in [6, 6.07) is 0. The zero-order chi connectivity index (χ0) is 16.9. The highest BCUT2D eigenvalue weighted by atomic mass is 127. The maximum atomic E-state index is 11.5. The second-order valence-corrected chi connectivity index (χ2v) is 5.95. The third kappa shape index (κ3) is 11.0. The van der Waals surface area contributed by atoms with E-state index < -0.39 is 0 Å². The average molecular weight is 456 g/mol. The monoisotopic (exact) mass is 456 g/mol. The Balaban J connectivity index is 0.00000529. The highest BCUT2D eigenvalue weighted by Gasteiger charge is 2.13. The van der Waals surface area contributed by atoms with Gasteiger partial charge in [0.1, 0.15) is 0 Å². The van der Waals surface area contributed by atoms with Crippen LogP contribution < -0.4 is 10.6 Å². The third-order valence-electron chi connectivity index (χ3n) is 3.81. The number of carbonyl (C=O) groups is 1. The van der Waals surface area contributed by atoms with Crippen LogP contribution in [0.2, 0.25) is 0 Å². The molecule has 0 spiro atoms. The van der Waals surface area contributed by atoms with Gasteiger partial charge in [0.05, 0.1) is 0 Å². The molecule has 0 aliphatic carbocycles. The fourth-order valence-corrected chi connectivity index (χ4v) is 2.28. The van der Waals surface area contributed by atoms with Crippen LogP contribution in [-0.2, 0) is 14.3 Å². The van der Waals surface area contributed by atoms with E-state index in [1.54, 1.807) is 26.0 Å². The number of halogens is 1. The summed E-state index contributed by atoms with van der Waals surface area (Å²) < 4.78 is 11.1. The minimum absolute atomic E-state index is 0. The van der Waals surface area contributed by atoms with Crippen LogP contribution in [0.15, 0.2) is 4.99 Å². The highest BCUT2D eigenvalue weighted by molar-refractivity contribution is 14.0. The SMILES string of the molecule is CN=C(NCCCOCC1CCOCC1)NCCC(=O)N(C)C.I. The van der Waals surface area contributed by atoms with Crippen LogP contribution in [-0.4, -0.2) is 77.4 Å². The first kappa shape index (κ1) is 23.4. The summed E-state index contributed by atoms with van der Waals surface area (Å²) in [7, 11) is 5.25. The molecule has 0 saturated carbocycles. The molecule has 24 heavy (non-hydrogen) atoms. The van der Waals surface area contributed by atoms with Crippen molar-refractivity contribution in [3.05, 3.63) is 0 Å². The first-order valence-electron chi connectivity index (χ1n) is 8.43. The van der Waals surface area contributed by atoms with Crippen molar-refractivity contribution in [1.29, 1.82) is 0 Å². The van der Waals surface area contributed by atoms with Crippen molar-refractivity contribution in [2.45, 2.75) is 25.7 Å². The Labute approximate surface area is 162 Å². The summed E-state index contributed by atoms with van der Waals surface area (Å²) in [5.41, 5.74) is 0. The molecule has 1 aliphatic heterocycles. The van der Waals surface area contributed by atoms with Gasteiger partial charge in [0.25, 0.3) is 0 Å². The molecule has 0 bridgehead atoms. The predicted octanol–water partition coefficient (Wildman–Crippen LogP) is 1.08. The average Bonchev–Trinajstić information content (AvgIpc) is 2.56. The number of aliphatic imine (C=N–C) groups is 1. The van der Waals surface area contributed by atoms with Crippen LogP contribution in [0.1, 0.15) is 25.7 Å². The van der Waals surface area contributed by atoms with Crippen LogP contribution in [0, 0.1) is 5.92 Å². The van der Waals surface area contributed by atoms with Gasteiger partial charge in [0.15, 0.2) is 5.96 Å². The summed E-state index contributed by atoms with van der Waals surface area (Å²) >= 11 is 0. The van der Waals surface area contributed by atoms with E-state index in [-0.39, 0.29) is 29.9 Å². The van der Waals surface area contributed by atoms with Gasteiger partial charge in [-0.1, -0.05) is 0 Å². The lowest BCUT2D eigenvalue weighted by molar-refractivity contribution is -0.128. The van der Waals surface area contributed by atoms with Gasteiger partial charge >= 0.3 is 0 Å². The quantitative estimate of drug-likeness (QED) is 0.235. The zero-order valence-electron chi connectivity index (χ0n) is 15.2. The lowest BCUT2D eigenvalue weighted by atomic mass is 10.0. The van der Waals surface area contributed by atoms with Crippen LogP contribution in [0.3, 0.4) is 0 Å². The predicted molar refractivity (Wildman–Crippen MR) is 107 cm³/mol. The van der Waals surface area contributed by atoms with Crippen molar-refractivity contribution in [1.82, 2.24) is 15.5 Å². The van der Waals surface area contributed by atoms with Gasteiger partial charge in [-0.2, -0.15) is 0 Å². The van der Waals surface area contributed by atoms with Gasteiger partial charge in [0, 0.05) is 67.1 Å². The second kappa shape index (κ2) is 14.7. The number of amides is 1. The largest absolute Gasteiger partial charge is 0.381 e. The summed E-state index contributed by atoms with van der Waals surface area (Å²) in [5, 5.41) is 6.36. The van der Waals surface area contributed by atoms with E-state index in [9.17, 15) is 4.79 Å². The van der Waals surface area contributed by atoms with E-state index in [0.717, 1.165) is 58.2 Å².